The van der Waals surface area contributed by atoms with Gasteiger partial charge in [-0.1, -0.05) is 0 Å². The van der Waals surface area contributed by atoms with Crippen LogP contribution in [-0.2, 0) is 17.1 Å². The van der Waals surface area contributed by atoms with Crippen LogP contribution in [0.15, 0.2) is 0 Å². The van der Waals surface area contributed by atoms with Gasteiger partial charge in [-0.05, 0) is 25.9 Å². The molecule has 1 rings (SSSR count). The summed E-state index contributed by atoms with van der Waals surface area (Å²) >= 11 is 0. The van der Waals surface area contributed by atoms with Gasteiger partial charge in [0, 0.05) is 17.1 Å². The number of hydrogen-bond donors (Lipinski definition) is 1. The summed E-state index contributed by atoms with van der Waals surface area (Å²) in [6, 6.07) is 0. The third-order valence-corrected chi connectivity index (χ3v) is 0.957. The molecule has 0 aliphatic carbocycles. The van der Waals surface area contributed by atoms with E-state index < -0.39 is 0 Å². The number of nitrogens with one attached hydrogen (secondary N) is 1. The summed E-state index contributed by atoms with van der Waals surface area (Å²) in [6.45, 7) is 2.50. The molecule has 0 atom stereocenters. The predicted molar refractivity (Wildman–Crippen MR) is 29.4 cm³/mol. The van der Waals surface area contributed by atoms with Gasteiger partial charge >= 0.3 is 0 Å². The monoisotopic (exact) mass is 162 g/mol. The molecule has 7 heavy (non-hydrogen) atoms. The van der Waals surface area contributed by atoms with E-state index in [1.807, 2.05) is 0 Å². The van der Waals surface area contributed by atoms with Crippen molar-refractivity contribution < 1.29 is 17.1 Å². The topological polar surface area (TPSA) is 12.0 Å². The van der Waals surface area contributed by atoms with Crippen molar-refractivity contribution in [3.05, 3.63) is 0 Å². The van der Waals surface area contributed by atoms with Gasteiger partial charge in [-0.15, -0.1) is 12.4 Å². The second-order valence-corrected chi connectivity index (χ2v) is 1.46. The maximum Gasteiger partial charge on any atom is 0 e. The van der Waals surface area contributed by atoms with Crippen LogP contribution in [0.1, 0.15) is 12.8 Å². The quantitative estimate of drug-likeness (QED) is 0.520. The van der Waals surface area contributed by atoms with Crippen molar-refractivity contribution in [2.75, 3.05) is 13.1 Å². The third-order valence-electron chi connectivity index (χ3n) is 0.957. The van der Waals surface area contributed by atoms with E-state index in [1.54, 1.807) is 0 Å². The van der Waals surface area contributed by atoms with Gasteiger partial charge in [-0.2, -0.15) is 0 Å². The van der Waals surface area contributed by atoms with Gasteiger partial charge in [0.25, 0.3) is 0 Å². The van der Waals surface area contributed by atoms with Crippen LogP contribution in [0.3, 0.4) is 0 Å². The van der Waals surface area contributed by atoms with E-state index in [-0.39, 0.29) is 29.5 Å². The van der Waals surface area contributed by atoms with Crippen LogP contribution < -0.4 is 5.32 Å². The maximum absolute atomic E-state index is 3.22. The van der Waals surface area contributed by atoms with Crippen LogP contribution in [0.5, 0.6) is 0 Å². The molecule has 1 nitrogen and oxygen atoms in total. The third kappa shape index (κ3) is 4.63. The van der Waals surface area contributed by atoms with Crippen LogP contribution in [0.4, 0.5) is 0 Å². The van der Waals surface area contributed by atoms with Crippen molar-refractivity contribution >= 4 is 12.4 Å². The summed E-state index contributed by atoms with van der Waals surface area (Å²) in [5, 5.41) is 3.22. The Balaban J connectivity index is 0. The van der Waals surface area contributed by atoms with E-state index in [0.29, 0.717) is 0 Å². The summed E-state index contributed by atoms with van der Waals surface area (Å²) in [6.07, 6.45) is 2.78. The minimum absolute atomic E-state index is 0. The first-order chi connectivity index (χ1) is 2.50. The number of hydrogen-bond acceptors (Lipinski definition) is 1. The molecule has 0 aromatic rings. The molecule has 1 aliphatic rings. The minimum atomic E-state index is 0. The van der Waals surface area contributed by atoms with Gasteiger partial charge in [0.1, 0.15) is 0 Å². The van der Waals surface area contributed by atoms with Gasteiger partial charge in [0.2, 0.25) is 0 Å². The molecule has 0 saturated carbocycles. The van der Waals surface area contributed by atoms with E-state index >= 15 is 0 Å². The Morgan fingerprint density at radius 1 is 1.00 bits per heavy atom. The second kappa shape index (κ2) is 6.77. The smallest absolute Gasteiger partial charge is 0 e. The zero-order valence-corrected chi connectivity index (χ0v) is 6.11. The molecule has 1 aliphatic heterocycles. The molecule has 45 valence electrons. The van der Waals surface area contributed by atoms with Crippen molar-refractivity contribution in [2.24, 2.45) is 0 Å². The van der Waals surface area contributed by atoms with Crippen LogP contribution in [0.25, 0.3) is 0 Å². The Morgan fingerprint density at radius 2 is 1.43 bits per heavy atom. The van der Waals surface area contributed by atoms with Crippen LogP contribution >= 0.6 is 12.4 Å². The molecular formula is C4H10ClMnN. The summed E-state index contributed by atoms with van der Waals surface area (Å²) in [7, 11) is 0. The summed E-state index contributed by atoms with van der Waals surface area (Å²) in [5.41, 5.74) is 0. The van der Waals surface area contributed by atoms with Gasteiger partial charge < -0.3 is 5.32 Å². The molecular weight excluding hydrogens is 152 g/mol. The summed E-state index contributed by atoms with van der Waals surface area (Å²) in [5.74, 6) is 0. The molecule has 0 amide bonds. The van der Waals surface area contributed by atoms with Gasteiger partial charge in [-0.25, -0.2) is 0 Å². The van der Waals surface area contributed by atoms with Gasteiger partial charge in [-0.3, -0.25) is 0 Å². The van der Waals surface area contributed by atoms with E-state index in [1.165, 1.54) is 25.9 Å². The average Bonchev–Trinajstić information content (AvgIpc) is 1.76. The molecule has 0 spiro atoms. The largest absolute Gasteiger partial charge is 0.317 e. The fourth-order valence-corrected chi connectivity index (χ4v) is 0.625. The van der Waals surface area contributed by atoms with Crippen molar-refractivity contribution in [3.8, 4) is 0 Å². The Bertz CT molecular complexity index is 23.3. The van der Waals surface area contributed by atoms with E-state index in [0.717, 1.165) is 0 Å². The Hall–Kier alpha value is 0.769. The molecule has 1 heterocycles. The zero-order chi connectivity index (χ0) is 3.54. The molecule has 0 unspecified atom stereocenters. The van der Waals surface area contributed by atoms with E-state index in [9.17, 15) is 0 Å². The SMILES string of the molecule is C1CCNC1.Cl.[Mn]. The van der Waals surface area contributed by atoms with Gasteiger partial charge in [0.15, 0.2) is 0 Å². The maximum atomic E-state index is 3.22. The fourth-order valence-electron chi connectivity index (χ4n) is 0.625. The molecule has 1 radical (unpaired) electrons. The Labute approximate surface area is 61.1 Å². The molecule has 1 N–H and O–H groups in total. The zero-order valence-electron chi connectivity index (χ0n) is 4.11. The molecule has 0 aromatic heterocycles. The summed E-state index contributed by atoms with van der Waals surface area (Å²) in [4.78, 5) is 0. The van der Waals surface area contributed by atoms with Crippen LogP contribution in [-0.4, -0.2) is 13.1 Å². The first-order valence-corrected chi connectivity index (χ1v) is 2.21. The molecule has 0 bridgehead atoms. The van der Waals surface area contributed by atoms with Crippen molar-refractivity contribution in [2.45, 2.75) is 12.8 Å². The van der Waals surface area contributed by atoms with E-state index in [2.05, 4.69) is 5.32 Å². The first-order valence-electron chi connectivity index (χ1n) is 2.21. The first kappa shape index (κ1) is 10.7. The Kier molecular flexibility index (Phi) is 10.3. The Morgan fingerprint density at radius 3 is 1.57 bits per heavy atom. The second-order valence-electron chi connectivity index (χ2n) is 1.46. The number of rotatable bonds is 0. The predicted octanol–water partition coefficient (Wildman–Crippen LogP) is 0.789. The molecule has 1 fully saturated rings. The van der Waals surface area contributed by atoms with Crippen molar-refractivity contribution in [1.29, 1.82) is 0 Å². The number of halogens is 1. The van der Waals surface area contributed by atoms with Crippen molar-refractivity contribution in [1.82, 2.24) is 5.32 Å². The normalized spacial score (nSPS) is 17.1. The minimum Gasteiger partial charge on any atom is -0.317 e. The van der Waals surface area contributed by atoms with Gasteiger partial charge in [0.05, 0.1) is 0 Å². The fraction of sp³-hybridized carbons (Fsp3) is 1.00. The van der Waals surface area contributed by atoms with Crippen LogP contribution in [0.2, 0.25) is 0 Å². The summed E-state index contributed by atoms with van der Waals surface area (Å²) < 4.78 is 0. The molecule has 3 heteroatoms. The molecule has 1 saturated heterocycles. The van der Waals surface area contributed by atoms with Crippen LogP contribution in [0, 0.1) is 0 Å². The van der Waals surface area contributed by atoms with E-state index in [4.69, 9.17) is 0 Å². The average molecular weight is 163 g/mol. The molecule has 0 aromatic carbocycles. The van der Waals surface area contributed by atoms with Crippen molar-refractivity contribution in [3.63, 3.8) is 0 Å². The standard InChI is InChI=1S/C4H9N.ClH.Mn/c1-2-4-5-3-1;;/h5H,1-4H2;1H;.